The minimum atomic E-state index is -1.09. The van der Waals surface area contributed by atoms with Gasteiger partial charge in [0.05, 0.1) is 5.97 Å². The van der Waals surface area contributed by atoms with Gasteiger partial charge in [-0.2, -0.15) is 0 Å². The van der Waals surface area contributed by atoms with Gasteiger partial charge in [0.2, 0.25) is 0 Å². The summed E-state index contributed by atoms with van der Waals surface area (Å²) >= 11 is 5.68. The topological polar surface area (TPSA) is 40.1 Å². The van der Waals surface area contributed by atoms with Crippen LogP contribution < -0.4 is 34.7 Å². The van der Waals surface area contributed by atoms with Crippen molar-refractivity contribution in [1.29, 1.82) is 0 Å². The van der Waals surface area contributed by atoms with Crippen LogP contribution in [0.2, 0.25) is 5.02 Å². The van der Waals surface area contributed by atoms with Gasteiger partial charge in [0.25, 0.3) is 0 Å². The fourth-order valence-electron chi connectivity index (χ4n) is 0.984. The normalized spacial score (nSPS) is 10.5. The Labute approximate surface area is 111 Å². The molecule has 14 heavy (non-hydrogen) atoms. The molecule has 0 fully saturated rings. The molecule has 1 aromatic rings. The smallest absolute Gasteiger partial charge is 0.549 e. The van der Waals surface area contributed by atoms with Crippen LogP contribution in [0.4, 0.5) is 0 Å². The first kappa shape index (κ1) is 14.0. The minimum Gasteiger partial charge on any atom is -0.549 e. The zero-order valence-electron chi connectivity index (χ0n) is 8.50. The number of hydrogen-bond acceptors (Lipinski definition) is 2. The Morgan fingerprint density at radius 3 is 2.07 bits per heavy atom. The predicted octanol–water partition coefficient (Wildman–Crippen LogP) is -1.63. The maximum atomic E-state index is 10.8. The van der Waals surface area contributed by atoms with E-state index in [9.17, 15) is 9.90 Å². The Bertz CT molecular complexity index is 319. The van der Waals surface area contributed by atoms with Gasteiger partial charge in [0, 0.05) is 10.4 Å². The third-order valence-electron chi connectivity index (χ3n) is 2.08. The quantitative estimate of drug-likeness (QED) is 0.562. The van der Waals surface area contributed by atoms with Crippen molar-refractivity contribution in [2.45, 2.75) is 19.3 Å². The summed E-state index contributed by atoms with van der Waals surface area (Å²) in [4.78, 5) is 10.8. The second-order valence-corrected chi connectivity index (χ2v) is 3.86. The second-order valence-electron chi connectivity index (χ2n) is 3.42. The van der Waals surface area contributed by atoms with Crippen molar-refractivity contribution >= 4 is 17.6 Å². The summed E-state index contributed by atoms with van der Waals surface area (Å²) in [5.41, 5.74) is -0.276. The maximum Gasteiger partial charge on any atom is 1.00 e. The van der Waals surface area contributed by atoms with Crippen molar-refractivity contribution in [2.75, 3.05) is 0 Å². The Hall–Kier alpha value is -0.0200. The van der Waals surface area contributed by atoms with E-state index in [-0.39, 0.29) is 29.6 Å². The summed E-state index contributed by atoms with van der Waals surface area (Å²) in [6, 6.07) is 6.72. The Balaban J connectivity index is 0.00000169. The van der Waals surface area contributed by atoms with Gasteiger partial charge in [-0.3, -0.25) is 0 Å². The average Bonchev–Trinajstić information content (AvgIpc) is 2.04. The number of carbonyl (C=O) groups is 1. The van der Waals surface area contributed by atoms with Gasteiger partial charge in [-0.25, -0.2) is 0 Å². The molecule has 0 aliphatic carbocycles. The molecule has 0 saturated carbocycles. The first-order valence-electron chi connectivity index (χ1n) is 3.92. The molecule has 0 aromatic heterocycles. The molecular weight excluding hydrogens is 211 g/mol. The van der Waals surface area contributed by atoms with E-state index in [1.54, 1.807) is 38.1 Å². The first-order chi connectivity index (χ1) is 5.94. The number of rotatable bonds is 2. The molecule has 1 rings (SSSR count). The number of halogens is 1. The average molecular weight is 221 g/mol. The van der Waals surface area contributed by atoms with Gasteiger partial charge in [0.15, 0.2) is 0 Å². The van der Waals surface area contributed by atoms with E-state index in [2.05, 4.69) is 0 Å². The number of carboxylic acids is 1. The summed E-state index contributed by atoms with van der Waals surface area (Å²) in [7, 11) is 0. The van der Waals surface area contributed by atoms with E-state index < -0.39 is 11.4 Å². The largest absolute Gasteiger partial charge is 1.00 e. The first-order valence-corrected chi connectivity index (χ1v) is 4.30. The van der Waals surface area contributed by atoms with Crippen molar-refractivity contribution in [3.8, 4) is 0 Å². The van der Waals surface area contributed by atoms with Crippen LogP contribution in [-0.4, -0.2) is 5.97 Å². The van der Waals surface area contributed by atoms with E-state index in [1.165, 1.54) is 0 Å². The van der Waals surface area contributed by atoms with Crippen LogP contribution in [0.15, 0.2) is 24.3 Å². The molecule has 0 bridgehead atoms. The fourth-order valence-corrected chi connectivity index (χ4v) is 1.11. The molecule has 70 valence electrons. The monoisotopic (exact) mass is 220 g/mol. The molecule has 0 radical (unpaired) electrons. The molecule has 0 atom stereocenters. The van der Waals surface area contributed by atoms with Crippen molar-refractivity contribution in [1.82, 2.24) is 0 Å². The molecule has 0 unspecified atom stereocenters. The van der Waals surface area contributed by atoms with Gasteiger partial charge >= 0.3 is 29.6 Å². The number of hydrogen-bond donors (Lipinski definition) is 0. The van der Waals surface area contributed by atoms with Crippen molar-refractivity contribution in [3.05, 3.63) is 34.9 Å². The summed E-state index contributed by atoms with van der Waals surface area (Å²) in [6.07, 6.45) is 0. The summed E-state index contributed by atoms with van der Waals surface area (Å²) in [6.45, 7) is 3.21. The van der Waals surface area contributed by atoms with E-state index >= 15 is 0 Å². The van der Waals surface area contributed by atoms with E-state index in [0.717, 1.165) is 0 Å². The van der Waals surface area contributed by atoms with Gasteiger partial charge in [-0.1, -0.05) is 37.6 Å². The number of carbonyl (C=O) groups excluding carboxylic acids is 1. The van der Waals surface area contributed by atoms with Crippen molar-refractivity contribution in [2.24, 2.45) is 0 Å². The molecule has 2 nitrogen and oxygen atoms in total. The summed E-state index contributed by atoms with van der Waals surface area (Å²) < 4.78 is 0. The van der Waals surface area contributed by atoms with E-state index in [1.807, 2.05) is 0 Å². The molecule has 0 amide bonds. The molecular formula is C10H10ClNaO2. The Morgan fingerprint density at radius 2 is 1.71 bits per heavy atom. The third kappa shape index (κ3) is 2.99. The number of benzene rings is 1. The molecule has 0 spiro atoms. The van der Waals surface area contributed by atoms with Gasteiger partial charge in [0.1, 0.15) is 0 Å². The molecule has 0 aliphatic rings. The summed E-state index contributed by atoms with van der Waals surface area (Å²) in [5, 5.41) is 11.4. The van der Waals surface area contributed by atoms with Crippen LogP contribution in [0, 0.1) is 0 Å². The molecule has 0 heterocycles. The predicted molar refractivity (Wildman–Crippen MR) is 49.5 cm³/mol. The zero-order chi connectivity index (χ0) is 10.1. The van der Waals surface area contributed by atoms with Crippen molar-refractivity contribution in [3.63, 3.8) is 0 Å². The SMILES string of the molecule is CC(C)(C(=O)[O-])c1ccc(Cl)cc1.[Na+]. The van der Waals surface area contributed by atoms with Crippen LogP contribution in [0.5, 0.6) is 0 Å². The van der Waals surface area contributed by atoms with Crippen LogP contribution in [-0.2, 0) is 10.2 Å². The molecule has 0 aliphatic heterocycles. The Morgan fingerprint density at radius 1 is 1.29 bits per heavy atom. The van der Waals surface area contributed by atoms with Gasteiger partial charge in [-0.15, -0.1) is 0 Å². The van der Waals surface area contributed by atoms with Crippen LogP contribution >= 0.6 is 11.6 Å². The van der Waals surface area contributed by atoms with Crippen LogP contribution in [0.1, 0.15) is 19.4 Å². The second kappa shape index (κ2) is 5.17. The van der Waals surface area contributed by atoms with Gasteiger partial charge in [-0.05, 0) is 17.7 Å². The number of aliphatic carboxylic acids is 1. The summed E-state index contributed by atoms with van der Waals surface area (Å²) in [5.74, 6) is -1.09. The minimum absolute atomic E-state index is 0. The third-order valence-corrected chi connectivity index (χ3v) is 2.33. The van der Waals surface area contributed by atoms with Crippen LogP contribution in [0.3, 0.4) is 0 Å². The molecule has 1 aromatic carbocycles. The van der Waals surface area contributed by atoms with Crippen molar-refractivity contribution < 1.29 is 39.5 Å². The standard InChI is InChI=1S/C10H11ClO2.Na/c1-10(2,9(12)13)7-3-5-8(11)6-4-7;/h3-6H,1-2H3,(H,12,13);/q;+1/p-1. The maximum absolute atomic E-state index is 10.8. The molecule has 0 saturated heterocycles. The Kier molecular flexibility index (Phi) is 5.16. The van der Waals surface area contributed by atoms with Crippen LogP contribution in [0.25, 0.3) is 0 Å². The number of carboxylic acid groups (broad SMARTS) is 1. The van der Waals surface area contributed by atoms with E-state index in [4.69, 9.17) is 11.6 Å². The molecule has 4 heteroatoms. The zero-order valence-corrected chi connectivity index (χ0v) is 11.3. The fraction of sp³-hybridized carbons (Fsp3) is 0.300. The van der Waals surface area contributed by atoms with Gasteiger partial charge < -0.3 is 9.90 Å². The molecule has 0 N–H and O–H groups in total. The van der Waals surface area contributed by atoms with E-state index in [0.29, 0.717) is 10.6 Å².